The summed E-state index contributed by atoms with van der Waals surface area (Å²) in [6, 6.07) is 10.3. The number of aryl methyl sites for hydroxylation is 1. The number of aromatic nitrogens is 1. The van der Waals surface area contributed by atoms with E-state index in [-0.39, 0.29) is 23.7 Å². The molecule has 0 saturated carbocycles. The van der Waals surface area contributed by atoms with Crippen LogP contribution in [-0.4, -0.2) is 57.0 Å². The van der Waals surface area contributed by atoms with Crippen molar-refractivity contribution in [2.75, 3.05) is 36.0 Å². The van der Waals surface area contributed by atoms with Gasteiger partial charge in [0.1, 0.15) is 5.82 Å². The molecule has 1 aromatic heterocycles. The van der Waals surface area contributed by atoms with Crippen LogP contribution in [0, 0.1) is 18.7 Å². The lowest BCUT2D eigenvalue weighted by atomic mass is 9.96. The molecule has 0 radical (unpaired) electrons. The second-order valence-electron chi connectivity index (χ2n) is 8.32. The molecule has 2 aromatic rings. The summed E-state index contributed by atoms with van der Waals surface area (Å²) in [7, 11) is -2.05. The smallest absolute Gasteiger partial charge is 0.226 e. The van der Waals surface area contributed by atoms with Gasteiger partial charge in [0.15, 0.2) is 0 Å². The Labute approximate surface area is 177 Å². The highest BCUT2D eigenvalue weighted by Gasteiger charge is 2.37. The van der Waals surface area contributed by atoms with Crippen LogP contribution in [0.1, 0.15) is 30.1 Å². The Bertz CT molecular complexity index is 1010. The highest BCUT2D eigenvalue weighted by molar-refractivity contribution is 8.00. The third-order valence-corrected chi connectivity index (χ3v) is 8.17. The zero-order chi connectivity index (χ0) is 21.3. The molecule has 2 aliphatic rings. The number of hydrogen-bond acceptors (Lipinski definition) is 4. The van der Waals surface area contributed by atoms with E-state index >= 15 is 0 Å². The first-order valence-corrected chi connectivity index (χ1v) is 12.5. The van der Waals surface area contributed by atoms with Gasteiger partial charge >= 0.3 is 0 Å². The number of benzene rings is 1. The summed E-state index contributed by atoms with van der Waals surface area (Å²) in [5.41, 5.74) is 2.45. The van der Waals surface area contributed by atoms with Crippen molar-refractivity contribution in [3.05, 3.63) is 59.7 Å². The number of nitrogens with zero attached hydrogens (tertiary/aromatic N) is 3. The number of piperazine rings is 1. The Morgan fingerprint density at radius 2 is 1.90 bits per heavy atom. The predicted octanol–water partition coefficient (Wildman–Crippen LogP) is 3.05. The normalized spacial score (nSPS) is 27.1. The molecule has 0 bridgehead atoms. The Morgan fingerprint density at radius 3 is 2.57 bits per heavy atom. The average Bonchev–Trinajstić information content (AvgIpc) is 2.74. The highest BCUT2D eigenvalue weighted by Crippen LogP contribution is 2.33. The zero-order valence-electron chi connectivity index (χ0n) is 17.3. The fraction of sp³-hybridized carbons (Fsp3) is 0.435. The van der Waals surface area contributed by atoms with Gasteiger partial charge in [-0.3, -0.25) is 14.0 Å². The van der Waals surface area contributed by atoms with Gasteiger partial charge in [0.05, 0.1) is 17.9 Å². The van der Waals surface area contributed by atoms with E-state index in [9.17, 15) is 13.4 Å². The van der Waals surface area contributed by atoms with Gasteiger partial charge in [-0.05, 0) is 53.4 Å². The van der Waals surface area contributed by atoms with Gasteiger partial charge < -0.3 is 9.80 Å². The van der Waals surface area contributed by atoms with E-state index in [0.717, 1.165) is 11.4 Å². The summed E-state index contributed by atoms with van der Waals surface area (Å²) in [5, 5.41) is 0. The van der Waals surface area contributed by atoms with Crippen molar-refractivity contribution < 1.29 is 13.4 Å². The fourth-order valence-corrected chi connectivity index (χ4v) is 6.01. The molecule has 3 heterocycles. The molecular weight excluding hydrogens is 401 g/mol. The van der Waals surface area contributed by atoms with Crippen LogP contribution >= 0.6 is 0 Å². The number of rotatable bonds is 3. The lowest BCUT2D eigenvalue weighted by Crippen LogP contribution is -2.53. The van der Waals surface area contributed by atoms with E-state index in [4.69, 9.17) is 0 Å². The van der Waals surface area contributed by atoms with Gasteiger partial charge in [0.2, 0.25) is 5.91 Å². The van der Waals surface area contributed by atoms with Crippen molar-refractivity contribution in [2.24, 2.45) is 5.92 Å². The lowest BCUT2D eigenvalue weighted by molar-refractivity contribution is -0.138. The predicted molar refractivity (Wildman–Crippen MR) is 120 cm³/mol. The molecule has 1 unspecified atom stereocenters. The van der Waals surface area contributed by atoms with Crippen molar-refractivity contribution in [3.8, 4) is 0 Å². The molecule has 160 valence electrons. The maximum atomic E-state index is 14.7. The lowest BCUT2D eigenvalue weighted by Gasteiger charge is -2.44. The van der Waals surface area contributed by atoms with Gasteiger partial charge in [-0.1, -0.05) is 18.2 Å². The minimum absolute atomic E-state index is 0.0415. The third kappa shape index (κ3) is 4.36. The number of hydrogen-bond donors (Lipinski definition) is 0. The Morgan fingerprint density at radius 1 is 1.17 bits per heavy atom. The van der Waals surface area contributed by atoms with Crippen LogP contribution in [0.2, 0.25) is 0 Å². The van der Waals surface area contributed by atoms with Crippen LogP contribution in [0.3, 0.4) is 0 Å². The van der Waals surface area contributed by atoms with Gasteiger partial charge in [0, 0.05) is 48.3 Å². The molecule has 4 rings (SSSR count). The average molecular weight is 430 g/mol. The Kier molecular flexibility index (Phi) is 5.82. The number of halogens is 1. The van der Waals surface area contributed by atoms with Crippen LogP contribution in [0.25, 0.3) is 0 Å². The summed E-state index contributed by atoms with van der Waals surface area (Å²) in [6.07, 6.45) is 3.01. The molecule has 2 fully saturated rings. The summed E-state index contributed by atoms with van der Waals surface area (Å²) < 4.78 is 26.9. The topological polar surface area (TPSA) is 53.5 Å². The molecule has 30 heavy (non-hydrogen) atoms. The monoisotopic (exact) mass is 429 g/mol. The van der Waals surface area contributed by atoms with Gasteiger partial charge in [-0.2, -0.15) is 0 Å². The number of carbonyl (C=O) groups excluding carboxylic acids is 1. The molecule has 5 nitrogen and oxygen atoms in total. The molecule has 0 spiro atoms. The minimum Gasteiger partial charge on any atom is -0.366 e. The zero-order valence-corrected chi connectivity index (χ0v) is 18.1. The van der Waals surface area contributed by atoms with E-state index in [1.54, 1.807) is 12.1 Å². The molecule has 7 heteroatoms. The molecular formula is C23H28FN3O2S. The maximum absolute atomic E-state index is 14.7. The second-order valence-corrected chi connectivity index (χ2v) is 11.1. The van der Waals surface area contributed by atoms with Crippen LogP contribution in [0.15, 0.2) is 42.6 Å². The first-order valence-electron chi connectivity index (χ1n) is 10.4. The van der Waals surface area contributed by atoms with Crippen molar-refractivity contribution in [1.82, 2.24) is 9.88 Å². The molecule has 1 atom stereocenters. The molecule has 0 N–H and O–H groups in total. The van der Waals surface area contributed by atoms with Crippen molar-refractivity contribution in [1.29, 1.82) is 0 Å². The Hall–Kier alpha value is -2.41. The number of carbonyl (C=O) groups is 1. The van der Waals surface area contributed by atoms with Gasteiger partial charge in [-0.25, -0.2) is 4.39 Å². The summed E-state index contributed by atoms with van der Waals surface area (Å²) in [6.45, 7) is 3.63. The van der Waals surface area contributed by atoms with E-state index in [1.807, 2.05) is 36.2 Å². The first kappa shape index (κ1) is 20.8. The van der Waals surface area contributed by atoms with Gasteiger partial charge in [0.25, 0.3) is 0 Å². The first-order chi connectivity index (χ1) is 14.3. The van der Waals surface area contributed by atoms with Crippen molar-refractivity contribution in [3.63, 3.8) is 0 Å². The van der Waals surface area contributed by atoms with E-state index in [1.165, 1.54) is 6.07 Å². The van der Waals surface area contributed by atoms with E-state index in [2.05, 4.69) is 15.8 Å². The molecule has 2 saturated heterocycles. The van der Waals surface area contributed by atoms with Gasteiger partial charge in [-0.15, -0.1) is 0 Å². The fourth-order valence-electron chi connectivity index (χ4n) is 4.38. The summed E-state index contributed by atoms with van der Waals surface area (Å²) >= 11 is 0. The van der Waals surface area contributed by atoms with Crippen LogP contribution in [0.5, 0.6) is 0 Å². The maximum Gasteiger partial charge on any atom is 0.226 e. The Balaban J connectivity index is 1.60. The van der Waals surface area contributed by atoms with Crippen LogP contribution in [0.4, 0.5) is 10.1 Å². The number of amides is 1. The second kappa shape index (κ2) is 8.38. The van der Waals surface area contributed by atoms with Crippen LogP contribution < -0.4 is 4.90 Å². The largest absolute Gasteiger partial charge is 0.366 e. The highest BCUT2D eigenvalue weighted by atomic mass is 32.2. The molecule has 0 aliphatic carbocycles. The van der Waals surface area contributed by atoms with E-state index < -0.39 is 9.52 Å². The molecule has 1 amide bonds. The standard InChI is InChI=1S/C23H28FN3O2S/c1-17-7-8-19(15-25-17)26-11-12-27(22(16-26)20-5-3-4-6-21(20)24)23(28)18-9-13-30(2,29)14-10-18/h3-8,15,18,22H,2,9-14,16H2,1H3. The SMILES string of the molecule is C=S1(=O)CCC(C(=O)N2CCN(c3ccc(C)nc3)CC2c2ccccc2F)CC1. The minimum atomic E-state index is -2.05. The summed E-state index contributed by atoms with van der Waals surface area (Å²) in [4.78, 5) is 21.8. The summed E-state index contributed by atoms with van der Waals surface area (Å²) in [5.74, 6) is 4.36. The van der Waals surface area contributed by atoms with E-state index in [0.29, 0.717) is 49.5 Å². The molecule has 2 aliphatic heterocycles. The number of anilines is 1. The third-order valence-electron chi connectivity index (χ3n) is 6.21. The van der Waals surface area contributed by atoms with Crippen LogP contribution in [-0.2, 0) is 14.3 Å². The molecule has 1 aromatic carbocycles. The van der Waals surface area contributed by atoms with Crippen molar-refractivity contribution in [2.45, 2.75) is 25.8 Å². The quantitative estimate of drug-likeness (QED) is 0.704. The number of pyridine rings is 1. The van der Waals surface area contributed by atoms with Crippen molar-refractivity contribution >= 4 is 27.0 Å².